The van der Waals surface area contributed by atoms with Crippen LogP contribution in [0.2, 0.25) is 12.1 Å². The van der Waals surface area contributed by atoms with E-state index in [1.54, 1.807) is 50.6 Å². The van der Waals surface area contributed by atoms with Gasteiger partial charge in [0.1, 0.15) is 0 Å². The minimum absolute atomic E-state index is 0.268. The average molecular weight is 777 g/mol. The molecule has 0 atom stereocenters. The zero-order valence-electron chi connectivity index (χ0n) is 32.9. The van der Waals surface area contributed by atoms with Crippen LogP contribution >= 0.6 is 0 Å². The molecule has 0 fully saturated rings. The molecule has 0 aliphatic rings. The van der Waals surface area contributed by atoms with Gasteiger partial charge in [-0.15, -0.1) is 0 Å². The van der Waals surface area contributed by atoms with Crippen molar-refractivity contribution in [1.82, 2.24) is 0 Å². The Bertz CT molecular complexity index is 1290. The molecule has 2 aromatic rings. The third-order valence-corrected chi connectivity index (χ3v) is 13.9. The second kappa shape index (κ2) is 25.6. The SMILES string of the molecule is CCO[Si](CCCOc1ccc(/C=C/C(=O)CC(=O)/C=C/c2ccc(OCCC[Si](OCC)(OCC)OCC)c(OC)c2)cc1OC)(OCC)OCC. The number of allylic oxidation sites excluding steroid dienone is 2. The van der Waals surface area contributed by atoms with E-state index >= 15 is 0 Å². The third kappa shape index (κ3) is 16.3. The van der Waals surface area contributed by atoms with Gasteiger partial charge in [0.25, 0.3) is 0 Å². The van der Waals surface area contributed by atoms with Gasteiger partial charge < -0.3 is 45.5 Å². The molecule has 53 heavy (non-hydrogen) atoms. The molecule has 0 spiro atoms. The van der Waals surface area contributed by atoms with E-state index in [-0.39, 0.29) is 18.0 Å². The summed E-state index contributed by atoms with van der Waals surface area (Å²) in [6.45, 7) is 15.6. The molecule has 0 aromatic heterocycles. The summed E-state index contributed by atoms with van der Waals surface area (Å²) in [5.41, 5.74) is 1.46. The van der Waals surface area contributed by atoms with E-state index < -0.39 is 17.6 Å². The number of ether oxygens (including phenoxy) is 4. The summed E-state index contributed by atoms with van der Waals surface area (Å²) in [6.07, 6.45) is 7.17. The summed E-state index contributed by atoms with van der Waals surface area (Å²) in [4.78, 5) is 25.2. The second-order valence-electron chi connectivity index (χ2n) is 11.5. The van der Waals surface area contributed by atoms with E-state index in [0.29, 0.717) is 101 Å². The fraction of sp³-hybridized carbons (Fsp3) is 0.538. The van der Waals surface area contributed by atoms with E-state index in [9.17, 15) is 9.59 Å². The highest BCUT2D eigenvalue weighted by Gasteiger charge is 2.40. The Hall–Kier alpha value is -3.35. The van der Waals surface area contributed by atoms with Crippen LogP contribution in [-0.2, 0) is 36.1 Å². The van der Waals surface area contributed by atoms with E-state index in [4.69, 9.17) is 45.5 Å². The molecule has 0 heterocycles. The van der Waals surface area contributed by atoms with E-state index in [1.165, 1.54) is 12.2 Å². The van der Waals surface area contributed by atoms with Crippen molar-refractivity contribution in [2.24, 2.45) is 0 Å². The van der Waals surface area contributed by atoms with Crippen LogP contribution in [0.3, 0.4) is 0 Å². The number of carbonyl (C=O) groups is 2. The first-order valence-corrected chi connectivity index (χ1v) is 22.4. The highest BCUT2D eigenvalue weighted by atomic mass is 28.4. The monoisotopic (exact) mass is 776 g/mol. The number of rotatable bonds is 30. The van der Waals surface area contributed by atoms with Crippen molar-refractivity contribution in [2.75, 3.05) is 67.1 Å². The van der Waals surface area contributed by atoms with Gasteiger partial charge in [-0.1, -0.05) is 24.3 Å². The number of hydrogen-bond acceptors (Lipinski definition) is 12. The smallest absolute Gasteiger partial charge is 0.493 e. The van der Waals surface area contributed by atoms with Gasteiger partial charge in [-0.2, -0.15) is 0 Å². The van der Waals surface area contributed by atoms with Crippen LogP contribution in [0, 0.1) is 0 Å². The predicted molar refractivity (Wildman–Crippen MR) is 210 cm³/mol. The van der Waals surface area contributed by atoms with Gasteiger partial charge in [-0.25, -0.2) is 0 Å². The van der Waals surface area contributed by atoms with Crippen molar-refractivity contribution < 1.29 is 55.1 Å². The van der Waals surface area contributed by atoms with Gasteiger partial charge in [-0.3, -0.25) is 9.59 Å². The summed E-state index contributed by atoms with van der Waals surface area (Å²) in [5.74, 6) is 1.57. The maximum absolute atomic E-state index is 12.6. The van der Waals surface area contributed by atoms with Crippen LogP contribution in [0.15, 0.2) is 48.6 Å². The highest BCUT2D eigenvalue weighted by molar-refractivity contribution is 6.61. The molecule has 2 aromatic carbocycles. The van der Waals surface area contributed by atoms with Crippen molar-refractivity contribution in [2.45, 2.75) is 72.9 Å². The second-order valence-corrected chi connectivity index (χ2v) is 16.9. The maximum atomic E-state index is 12.6. The highest BCUT2D eigenvalue weighted by Crippen LogP contribution is 2.31. The van der Waals surface area contributed by atoms with Crippen LogP contribution in [0.5, 0.6) is 23.0 Å². The first kappa shape index (κ1) is 45.8. The van der Waals surface area contributed by atoms with Gasteiger partial charge in [-0.05, 0) is 102 Å². The van der Waals surface area contributed by atoms with E-state index in [2.05, 4.69) is 0 Å². The fourth-order valence-corrected chi connectivity index (χ4v) is 10.6. The Balaban J connectivity index is 1.91. The standard InChI is InChI=1S/C39H60O12Si2/c1-9-46-52(47-10-2,48-11-3)27-15-25-44-36-23-19-32(29-38(36)42-7)17-21-34(40)31-35(41)22-18-33-20-24-37(39(30-33)43-8)45-26-16-28-53(49-12-4,50-13-5)51-14-6/h17-24,29-30H,9-16,25-28,31H2,1-8H3/b21-17+,22-18+. The van der Waals surface area contributed by atoms with Crippen LogP contribution in [-0.4, -0.2) is 96.3 Å². The Kier molecular flexibility index (Phi) is 22.2. The van der Waals surface area contributed by atoms with Gasteiger partial charge in [0.05, 0.1) is 33.9 Å². The molecule has 0 aliphatic heterocycles. The minimum atomic E-state index is -2.74. The lowest BCUT2D eigenvalue weighted by Gasteiger charge is -2.28. The number of ketones is 2. The Morgan fingerprint density at radius 1 is 0.528 bits per heavy atom. The quantitative estimate of drug-likeness (QED) is 0.0336. The van der Waals surface area contributed by atoms with Gasteiger partial charge in [0.15, 0.2) is 34.6 Å². The van der Waals surface area contributed by atoms with E-state index in [0.717, 1.165) is 11.1 Å². The van der Waals surface area contributed by atoms with E-state index in [1.807, 2.05) is 53.7 Å². The molecule has 2 rings (SSSR count). The van der Waals surface area contributed by atoms with Crippen molar-refractivity contribution in [3.05, 3.63) is 59.7 Å². The summed E-state index contributed by atoms with van der Waals surface area (Å²) >= 11 is 0. The number of carbonyl (C=O) groups excluding carboxylic acids is 2. The van der Waals surface area contributed by atoms with Gasteiger partial charge in [0.2, 0.25) is 0 Å². The minimum Gasteiger partial charge on any atom is -0.493 e. The third-order valence-electron chi connectivity index (χ3n) is 7.60. The lowest BCUT2D eigenvalue weighted by atomic mass is 10.1. The average Bonchev–Trinajstić information content (AvgIpc) is 3.14. The van der Waals surface area contributed by atoms with Crippen molar-refractivity contribution in [3.8, 4) is 23.0 Å². The molecule has 0 aliphatic carbocycles. The van der Waals surface area contributed by atoms with Crippen molar-refractivity contribution in [3.63, 3.8) is 0 Å². The van der Waals surface area contributed by atoms with Gasteiger partial charge in [0, 0.05) is 51.7 Å². The summed E-state index contributed by atoms with van der Waals surface area (Å²) < 4.78 is 58.5. The van der Waals surface area contributed by atoms with Crippen LogP contribution in [0.4, 0.5) is 0 Å². The first-order chi connectivity index (χ1) is 25.7. The number of methoxy groups -OCH3 is 2. The molecule has 0 amide bonds. The van der Waals surface area contributed by atoms with Crippen LogP contribution < -0.4 is 18.9 Å². The molecule has 0 saturated carbocycles. The molecule has 14 heteroatoms. The van der Waals surface area contributed by atoms with Crippen LogP contribution in [0.25, 0.3) is 12.2 Å². The zero-order valence-corrected chi connectivity index (χ0v) is 34.9. The topological polar surface area (TPSA) is 126 Å². The lowest BCUT2D eigenvalue weighted by Crippen LogP contribution is -2.46. The molecule has 0 saturated heterocycles. The van der Waals surface area contributed by atoms with Crippen molar-refractivity contribution in [1.29, 1.82) is 0 Å². The molecular formula is C39H60O12Si2. The summed E-state index contributed by atoms with van der Waals surface area (Å²) in [6, 6.07) is 12.1. The predicted octanol–water partition coefficient (Wildman–Crippen LogP) is 7.59. The van der Waals surface area contributed by atoms with Gasteiger partial charge >= 0.3 is 17.6 Å². The molecular weight excluding hydrogens is 717 g/mol. The van der Waals surface area contributed by atoms with Crippen LogP contribution in [0.1, 0.15) is 71.9 Å². The first-order valence-electron chi connectivity index (χ1n) is 18.5. The zero-order chi connectivity index (χ0) is 39.0. The Morgan fingerprint density at radius 3 is 1.17 bits per heavy atom. The molecule has 0 unspecified atom stereocenters. The molecule has 12 nitrogen and oxygen atoms in total. The largest absolute Gasteiger partial charge is 0.501 e. The van der Waals surface area contributed by atoms with Crippen molar-refractivity contribution >= 4 is 41.3 Å². The normalized spacial score (nSPS) is 12.1. The maximum Gasteiger partial charge on any atom is 0.501 e. The fourth-order valence-electron chi connectivity index (χ4n) is 5.43. The Labute approximate surface area is 318 Å². The molecule has 0 radical (unpaired) electrons. The molecule has 0 bridgehead atoms. The summed E-state index contributed by atoms with van der Waals surface area (Å²) in [7, 11) is -2.37. The summed E-state index contributed by atoms with van der Waals surface area (Å²) in [5, 5.41) is 0. The molecule has 296 valence electrons. The molecule has 0 N–H and O–H groups in total. The number of benzene rings is 2. The Morgan fingerprint density at radius 2 is 0.868 bits per heavy atom. The number of hydrogen-bond donors (Lipinski definition) is 0. The lowest BCUT2D eigenvalue weighted by molar-refractivity contribution is -0.121.